The minimum absolute atomic E-state index is 0.356. The lowest BCUT2D eigenvalue weighted by molar-refractivity contribution is 1.04. The Morgan fingerprint density at radius 2 is 2.25 bits per heavy atom. The first-order valence-corrected chi connectivity index (χ1v) is 3.96. The summed E-state index contributed by atoms with van der Waals surface area (Å²) in [5.41, 5.74) is 7.84. The molecule has 62 valence electrons. The smallest absolute Gasteiger partial charge is 0.0995 e. The molecule has 0 unspecified atom stereocenters. The molecule has 0 aromatic heterocycles. The van der Waals surface area contributed by atoms with Crippen molar-refractivity contribution >= 4 is 11.6 Å². The van der Waals surface area contributed by atoms with Crippen LogP contribution in [0, 0.1) is 18.3 Å². The highest BCUT2D eigenvalue weighted by atomic mass is 35.5. The van der Waals surface area contributed by atoms with Gasteiger partial charge in [0.15, 0.2) is 0 Å². The number of nitrogens with zero attached hydrogens (tertiary/aromatic N) is 1. The molecule has 0 atom stereocenters. The van der Waals surface area contributed by atoms with Crippen molar-refractivity contribution in [3.63, 3.8) is 0 Å². The summed E-state index contributed by atoms with van der Waals surface area (Å²) in [6.45, 7) is 2.22. The molecule has 0 aliphatic rings. The molecule has 0 aliphatic carbocycles. The maximum Gasteiger partial charge on any atom is 0.0995 e. The van der Waals surface area contributed by atoms with Crippen molar-refractivity contribution in [1.82, 2.24) is 0 Å². The van der Waals surface area contributed by atoms with Crippen molar-refractivity contribution in [3.05, 3.63) is 33.8 Å². The van der Waals surface area contributed by atoms with Crippen LogP contribution in [0.25, 0.3) is 0 Å². The highest BCUT2D eigenvalue weighted by molar-refractivity contribution is 6.31. The van der Waals surface area contributed by atoms with E-state index in [1.165, 1.54) is 0 Å². The van der Waals surface area contributed by atoms with Gasteiger partial charge in [0.25, 0.3) is 0 Å². The topological polar surface area (TPSA) is 49.8 Å². The maximum atomic E-state index is 8.72. The molecule has 0 aliphatic heterocycles. The van der Waals surface area contributed by atoms with Crippen LogP contribution in [0.1, 0.15) is 16.7 Å². The molecule has 0 amide bonds. The number of nitriles is 1. The Kier molecular flexibility index (Phi) is 2.69. The molecular weight excluding hydrogens is 172 g/mol. The van der Waals surface area contributed by atoms with E-state index in [-0.39, 0.29) is 0 Å². The van der Waals surface area contributed by atoms with Gasteiger partial charge in [0.2, 0.25) is 0 Å². The second-order valence-electron chi connectivity index (χ2n) is 2.51. The third-order valence-electron chi connectivity index (χ3n) is 1.86. The fraction of sp³-hybridized carbons (Fsp3) is 0.222. The van der Waals surface area contributed by atoms with E-state index in [9.17, 15) is 0 Å². The van der Waals surface area contributed by atoms with E-state index in [2.05, 4.69) is 6.07 Å². The lowest BCUT2D eigenvalue weighted by Crippen LogP contribution is -2.02. The van der Waals surface area contributed by atoms with Gasteiger partial charge in [-0.25, -0.2) is 0 Å². The second kappa shape index (κ2) is 3.57. The summed E-state index contributed by atoms with van der Waals surface area (Å²) in [6, 6.07) is 5.48. The van der Waals surface area contributed by atoms with Gasteiger partial charge in [0, 0.05) is 11.6 Å². The van der Waals surface area contributed by atoms with E-state index in [1.54, 1.807) is 12.1 Å². The standard InChI is InChI=1S/C9H9ClN2/c1-6-8(5-12)7(4-11)2-3-9(6)10/h2-3H,5,12H2,1H3. The van der Waals surface area contributed by atoms with Crippen molar-refractivity contribution in [2.45, 2.75) is 13.5 Å². The zero-order valence-corrected chi connectivity index (χ0v) is 7.52. The molecule has 1 aromatic rings. The zero-order chi connectivity index (χ0) is 9.14. The summed E-state index contributed by atoms with van der Waals surface area (Å²) in [5.74, 6) is 0. The highest BCUT2D eigenvalue weighted by Gasteiger charge is 2.05. The molecule has 0 radical (unpaired) electrons. The molecule has 1 rings (SSSR count). The van der Waals surface area contributed by atoms with Gasteiger partial charge in [-0.2, -0.15) is 5.26 Å². The number of hydrogen-bond donors (Lipinski definition) is 1. The molecule has 0 heterocycles. The number of halogens is 1. The number of hydrogen-bond acceptors (Lipinski definition) is 2. The van der Waals surface area contributed by atoms with Gasteiger partial charge in [0.1, 0.15) is 0 Å². The van der Waals surface area contributed by atoms with Crippen LogP contribution in [0.4, 0.5) is 0 Å². The maximum absolute atomic E-state index is 8.72. The van der Waals surface area contributed by atoms with E-state index < -0.39 is 0 Å². The molecule has 0 fully saturated rings. The quantitative estimate of drug-likeness (QED) is 0.719. The van der Waals surface area contributed by atoms with Crippen molar-refractivity contribution in [1.29, 1.82) is 5.26 Å². The van der Waals surface area contributed by atoms with Crippen LogP contribution in [-0.2, 0) is 6.54 Å². The van der Waals surface area contributed by atoms with E-state index in [0.717, 1.165) is 11.1 Å². The summed E-state index contributed by atoms with van der Waals surface area (Å²) < 4.78 is 0. The van der Waals surface area contributed by atoms with Crippen LogP contribution in [0.15, 0.2) is 12.1 Å². The van der Waals surface area contributed by atoms with Gasteiger partial charge in [-0.1, -0.05) is 11.6 Å². The van der Waals surface area contributed by atoms with E-state index in [1.807, 2.05) is 6.92 Å². The van der Waals surface area contributed by atoms with Crippen molar-refractivity contribution in [3.8, 4) is 6.07 Å². The molecule has 12 heavy (non-hydrogen) atoms. The third-order valence-corrected chi connectivity index (χ3v) is 2.27. The van der Waals surface area contributed by atoms with Crippen molar-refractivity contribution in [2.75, 3.05) is 0 Å². The predicted octanol–water partition coefficient (Wildman–Crippen LogP) is 1.98. The summed E-state index contributed by atoms with van der Waals surface area (Å²) >= 11 is 5.86. The lowest BCUT2D eigenvalue weighted by atomic mass is 10.0. The van der Waals surface area contributed by atoms with Crippen LogP contribution < -0.4 is 5.73 Å². The average molecular weight is 181 g/mol. The summed E-state index contributed by atoms with van der Waals surface area (Å²) in [4.78, 5) is 0. The van der Waals surface area contributed by atoms with Gasteiger partial charge < -0.3 is 5.73 Å². The van der Waals surface area contributed by atoms with Gasteiger partial charge in [0.05, 0.1) is 11.6 Å². The minimum atomic E-state index is 0.356. The molecule has 2 N–H and O–H groups in total. The second-order valence-corrected chi connectivity index (χ2v) is 2.92. The Morgan fingerprint density at radius 3 is 2.75 bits per heavy atom. The Labute approximate surface area is 76.6 Å². The van der Waals surface area contributed by atoms with Crippen LogP contribution in [0.3, 0.4) is 0 Å². The summed E-state index contributed by atoms with van der Waals surface area (Å²) in [5, 5.41) is 9.38. The van der Waals surface area contributed by atoms with Crippen molar-refractivity contribution in [2.24, 2.45) is 5.73 Å². The Morgan fingerprint density at radius 1 is 1.58 bits per heavy atom. The zero-order valence-electron chi connectivity index (χ0n) is 6.76. The SMILES string of the molecule is Cc1c(Cl)ccc(C#N)c1CN. The molecule has 0 saturated heterocycles. The van der Waals surface area contributed by atoms with Gasteiger partial charge >= 0.3 is 0 Å². The first-order chi connectivity index (χ1) is 5.70. The first kappa shape index (κ1) is 9.05. The van der Waals surface area contributed by atoms with Gasteiger partial charge in [-0.15, -0.1) is 0 Å². The first-order valence-electron chi connectivity index (χ1n) is 3.59. The Bertz CT molecular complexity index is 339. The highest BCUT2D eigenvalue weighted by Crippen LogP contribution is 2.21. The van der Waals surface area contributed by atoms with Gasteiger partial charge in [-0.3, -0.25) is 0 Å². The normalized spacial score (nSPS) is 9.50. The monoisotopic (exact) mass is 180 g/mol. The number of benzene rings is 1. The third kappa shape index (κ3) is 1.42. The summed E-state index contributed by atoms with van der Waals surface area (Å²) in [7, 11) is 0. The number of nitrogens with two attached hydrogens (primary N) is 1. The molecule has 1 aromatic carbocycles. The number of rotatable bonds is 1. The largest absolute Gasteiger partial charge is 0.326 e. The molecule has 3 heteroatoms. The predicted molar refractivity (Wildman–Crippen MR) is 48.8 cm³/mol. The fourth-order valence-electron chi connectivity index (χ4n) is 1.10. The van der Waals surface area contributed by atoms with E-state index in [4.69, 9.17) is 22.6 Å². The van der Waals surface area contributed by atoms with Crippen LogP contribution >= 0.6 is 11.6 Å². The Hall–Kier alpha value is -1.04. The molecule has 0 spiro atoms. The molecule has 0 saturated carbocycles. The van der Waals surface area contributed by atoms with Gasteiger partial charge in [-0.05, 0) is 30.2 Å². The fourth-order valence-corrected chi connectivity index (χ4v) is 1.27. The lowest BCUT2D eigenvalue weighted by Gasteiger charge is -2.06. The van der Waals surface area contributed by atoms with Crippen molar-refractivity contribution < 1.29 is 0 Å². The Balaban J connectivity index is 3.38. The van der Waals surface area contributed by atoms with E-state index >= 15 is 0 Å². The average Bonchev–Trinajstić information content (AvgIpc) is 2.09. The minimum Gasteiger partial charge on any atom is -0.326 e. The molecule has 2 nitrogen and oxygen atoms in total. The van der Waals surface area contributed by atoms with Crippen LogP contribution in [-0.4, -0.2) is 0 Å². The van der Waals surface area contributed by atoms with E-state index in [0.29, 0.717) is 17.1 Å². The molecule has 0 bridgehead atoms. The van der Waals surface area contributed by atoms with Crippen LogP contribution in [0.2, 0.25) is 5.02 Å². The molecular formula is C9H9ClN2. The summed E-state index contributed by atoms with van der Waals surface area (Å²) in [6.07, 6.45) is 0. The van der Waals surface area contributed by atoms with Crippen LogP contribution in [0.5, 0.6) is 0 Å².